The Morgan fingerprint density at radius 2 is 2.05 bits per heavy atom. The summed E-state index contributed by atoms with van der Waals surface area (Å²) in [6.45, 7) is 2.72. The number of amides is 1. The predicted octanol–water partition coefficient (Wildman–Crippen LogP) is 1.26. The van der Waals surface area contributed by atoms with Crippen molar-refractivity contribution in [3.05, 3.63) is 0 Å². The second-order valence-corrected chi connectivity index (χ2v) is 5.02. The monoisotopic (exact) mass is 286 g/mol. The van der Waals surface area contributed by atoms with E-state index in [4.69, 9.17) is 15.6 Å². The number of unbranched alkanes of at least 4 members (excludes halogenated alkanes) is 1. The molecule has 4 N–H and O–H groups in total. The topological polar surface area (TPSA) is 126 Å². The van der Waals surface area contributed by atoms with E-state index in [0.717, 1.165) is 12.8 Å². The molecule has 0 aromatic carbocycles. The average molecular weight is 286 g/mol. The largest absolute Gasteiger partial charge is 0.480 e. The lowest BCUT2D eigenvalue weighted by molar-refractivity contribution is -0.138. The van der Waals surface area contributed by atoms with Crippen LogP contribution in [0.5, 0.6) is 0 Å². The number of carboxylic acid groups (broad SMARTS) is 1. The molecule has 1 heterocycles. The number of rotatable bonds is 10. The highest BCUT2D eigenvalue weighted by Crippen LogP contribution is 2.31. The fourth-order valence-corrected chi connectivity index (χ4v) is 1.61. The highest BCUT2D eigenvalue weighted by molar-refractivity contribution is 5.72. The van der Waals surface area contributed by atoms with E-state index in [0.29, 0.717) is 32.4 Å². The summed E-state index contributed by atoms with van der Waals surface area (Å²) in [5.41, 5.74) is 5.11. The molecule has 114 valence electrons. The molecule has 20 heavy (non-hydrogen) atoms. The Labute approximate surface area is 117 Å². The molecule has 1 amide bonds. The van der Waals surface area contributed by atoms with Crippen molar-refractivity contribution in [1.29, 1.82) is 0 Å². The van der Waals surface area contributed by atoms with Crippen molar-refractivity contribution in [3.63, 3.8) is 0 Å². The summed E-state index contributed by atoms with van der Waals surface area (Å²) in [6.07, 6.45) is 2.78. The van der Waals surface area contributed by atoms with Crippen molar-refractivity contribution in [2.45, 2.75) is 50.7 Å². The van der Waals surface area contributed by atoms with Gasteiger partial charge in [-0.1, -0.05) is 0 Å². The second-order valence-electron chi connectivity index (χ2n) is 5.02. The maximum atomic E-state index is 11.3. The van der Waals surface area contributed by atoms with Gasteiger partial charge in [-0.15, -0.1) is 0 Å². The first-order chi connectivity index (χ1) is 9.43. The first-order valence-electron chi connectivity index (χ1n) is 6.76. The summed E-state index contributed by atoms with van der Waals surface area (Å²) in [5, 5.41) is 18.9. The number of aliphatic carboxylic acids is 1. The summed E-state index contributed by atoms with van der Waals surface area (Å²) in [6, 6.07) is -0.832. The molecule has 0 saturated heterocycles. The molecule has 8 nitrogen and oxygen atoms in total. The first kappa shape index (κ1) is 16.4. The number of nitrogens with one attached hydrogen (secondary N) is 1. The van der Waals surface area contributed by atoms with Crippen molar-refractivity contribution in [3.8, 4) is 0 Å². The number of carbonyl (C=O) groups is 2. The predicted molar refractivity (Wildman–Crippen MR) is 71.3 cm³/mol. The standard InChI is InChI=1S/C12H22N4O4/c1-12(15-16-12)6-4-8-20-11(19)14-7-3-2-5-9(13)10(17)18/h9H,2-8,13H2,1H3,(H,14,19)(H,17,18)/t9-/m0/s1. The molecule has 0 bridgehead atoms. The molecule has 0 spiro atoms. The molecule has 0 aromatic rings. The number of nitrogens with zero attached hydrogens (tertiary/aromatic N) is 2. The molecular weight excluding hydrogens is 264 g/mol. The van der Waals surface area contributed by atoms with Gasteiger partial charge in [-0.2, -0.15) is 10.2 Å². The normalized spacial score (nSPS) is 16.5. The molecule has 0 aliphatic carbocycles. The van der Waals surface area contributed by atoms with E-state index in [1.165, 1.54) is 0 Å². The molecule has 0 unspecified atom stereocenters. The Balaban J connectivity index is 1.88. The molecule has 0 radical (unpaired) electrons. The number of hydrogen-bond donors (Lipinski definition) is 3. The van der Waals surface area contributed by atoms with Crippen LogP contribution in [0.15, 0.2) is 10.2 Å². The van der Waals surface area contributed by atoms with Gasteiger partial charge in [0.25, 0.3) is 0 Å². The van der Waals surface area contributed by atoms with Gasteiger partial charge in [0.05, 0.1) is 6.61 Å². The van der Waals surface area contributed by atoms with Crippen molar-refractivity contribution in [2.75, 3.05) is 13.2 Å². The van der Waals surface area contributed by atoms with Gasteiger partial charge in [-0.25, -0.2) is 4.79 Å². The quantitative estimate of drug-likeness (QED) is 0.521. The van der Waals surface area contributed by atoms with Gasteiger partial charge < -0.3 is 20.9 Å². The SMILES string of the molecule is CC1(CCCOC(=O)NCCCC[C@H](N)C(=O)O)N=N1. The van der Waals surface area contributed by atoms with E-state index < -0.39 is 18.1 Å². The number of carbonyl (C=O) groups excluding carboxylic acids is 1. The van der Waals surface area contributed by atoms with E-state index >= 15 is 0 Å². The number of hydrogen-bond acceptors (Lipinski definition) is 6. The zero-order chi connectivity index (χ0) is 15.0. The second kappa shape index (κ2) is 7.78. The van der Waals surface area contributed by atoms with Crippen LogP contribution in [0.25, 0.3) is 0 Å². The van der Waals surface area contributed by atoms with Gasteiger partial charge in [0.2, 0.25) is 0 Å². The van der Waals surface area contributed by atoms with Crippen LogP contribution in [0.2, 0.25) is 0 Å². The van der Waals surface area contributed by atoms with Crippen LogP contribution < -0.4 is 11.1 Å². The average Bonchev–Trinajstić information content (AvgIpc) is 3.12. The van der Waals surface area contributed by atoms with Crippen LogP contribution in [0.4, 0.5) is 4.79 Å². The third-order valence-electron chi connectivity index (χ3n) is 3.00. The first-order valence-corrected chi connectivity index (χ1v) is 6.76. The van der Waals surface area contributed by atoms with E-state index in [9.17, 15) is 9.59 Å². The van der Waals surface area contributed by atoms with Crippen LogP contribution in [-0.2, 0) is 9.53 Å². The van der Waals surface area contributed by atoms with Gasteiger partial charge in [0, 0.05) is 6.54 Å². The van der Waals surface area contributed by atoms with E-state index in [-0.39, 0.29) is 5.66 Å². The van der Waals surface area contributed by atoms with Crippen molar-refractivity contribution >= 4 is 12.1 Å². The minimum absolute atomic E-state index is 0.247. The van der Waals surface area contributed by atoms with E-state index in [1.807, 2.05) is 6.92 Å². The van der Waals surface area contributed by atoms with Gasteiger partial charge in [0.15, 0.2) is 5.66 Å². The van der Waals surface area contributed by atoms with Gasteiger partial charge in [-0.05, 0) is 39.0 Å². The molecule has 0 saturated carbocycles. The van der Waals surface area contributed by atoms with Crippen molar-refractivity contribution in [1.82, 2.24) is 5.32 Å². The Bertz CT molecular complexity index is 366. The number of alkyl carbamates (subject to hydrolysis) is 1. The molecule has 1 rings (SSSR count). The maximum absolute atomic E-state index is 11.3. The lowest BCUT2D eigenvalue weighted by Crippen LogP contribution is -2.30. The zero-order valence-electron chi connectivity index (χ0n) is 11.7. The summed E-state index contributed by atoms with van der Waals surface area (Å²) in [5.74, 6) is -1.000. The Hall–Kier alpha value is -1.70. The van der Waals surface area contributed by atoms with Gasteiger partial charge in [0.1, 0.15) is 6.04 Å². The van der Waals surface area contributed by atoms with Gasteiger partial charge >= 0.3 is 12.1 Å². The highest BCUT2D eigenvalue weighted by atomic mass is 16.5. The summed E-state index contributed by atoms with van der Waals surface area (Å²) in [4.78, 5) is 21.8. The van der Waals surface area contributed by atoms with Gasteiger partial charge in [-0.3, -0.25) is 4.79 Å². The van der Waals surface area contributed by atoms with Crippen LogP contribution in [-0.4, -0.2) is 42.0 Å². The van der Waals surface area contributed by atoms with Crippen LogP contribution >= 0.6 is 0 Å². The molecule has 0 aromatic heterocycles. The van der Waals surface area contributed by atoms with Crippen LogP contribution in [0.1, 0.15) is 39.0 Å². The number of ether oxygens (including phenoxy) is 1. The third kappa shape index (κ3) is 7.03. The molecular formula is C12H22N4O4. The fourth-order valence-electron chi connectivity index (χ4n) is 1.61. The number of carboxylic acids is 1. The summed E-state index contributed by atoms with van der Waals surface area (Å²) < 4.78 is 4.98. The van der Waals surface area contributed by atoms with E-state index in [2.05, 4.69) is 15.5 Å². The van der Waals surface area contributed by atoms with Crippen molar-refractivity contribution in [2.24, 2.45) is 16.0 Å². The van der Waals surface area contributed by atoms with Crippen molar-refractivity contribution < 1.29 is 19.4 Å². The molecule has 0 fully saturated rings. The lowest BCUT2D eigenvalue weighted by atomic mass is 10.1. The highest BCUT2D eigenvalue weighted by Gasteiger charge is 2.32. The third-order valence-corrected chi connectivity index (χ3v) is 3.00. The molecule has 8 heteroatoms. The molecule has 1 atom stereocenters. The Kier molecular flexibility index (Phi) is 6.37. The lowest BCUT2D eigenvalue weighted by Gasteiger charge is -2.08. The maximum Gasteiger partial charge on any atom is 0.407 e. The summed E-state index contributed by atoms with van der Waals surface area (Å²) in [7, 11) is 0. The number of nitrogens with two attached hydrogens (primary N) is 1. The summed E-state index contributed by atoms with van der Waals surface area (Å²) >= 11 is 0. The Morgan fingerprint density at radius 1 is 1.35 bits per heavy atom. The van der Waals surface area contributed by atoms with E-state index in [1.54, 1.807) is 0 Å². The fraction of sp³-hybridized carbons (Fsp3) is 0.833. The Morgan fingerprint density at radius 3 is 2.65 bits per heavy atom. The minimum Gasteiger partial charge on any atom is -0.480 e. The minimum atomic E-state index is -1.000. The smallest absolute Gasteiger partial charge is 0.407 e. The molecule has 1 aliphatic rings. The van der Waals surface area contributed by atoms with Crippen LogP contribution in [0.3, 0.4) is 0 Å². The van der Waals surface area contributed by atoms with Crippen LogP contribution in [0, 0.1) is 0 Å². The molecule has 1 aliphatic heterocycles. The zero-order valence-corrected chi connectivity index (χ0v) is 11.7.